The van der Waals surface area contributed by atoms with Gasteiger partial charge >= 0.3 is 6.18 Å². The van der Waals surface area contributed by atoms with E-state index in [1.54, 1.807) is 0 Å². The van der Waals surface area contributed by atoms with E-state index in [1.165, 1.54) is 6.07 Å². The minimum atomic E-state index is -4.37. The highest BCUT2D eigenvalue weighted by Gasteiger charge is 2.30. The second kappa shape index (κ2) is 7.68. The minimum Gasteiger partial charge on any atom is -0.494 e. The highest BCUT2D eigenvalue weighted by atomic mass is 19.4. The lowest BCUT2D eigenvalue weighted by Gasteiger charge is -2.05. The van der Waals surface area contributed by atoms with Crippen molar-refractivity contribution in [3.8, 4) is 17.6 Å². The highest BCUT2D eigenvalue weighted by Crippen LogP contribution is 2.28. The number of unbranched alkanes of at least 4 members (excludes halogenated alkanes) is 1. The Hall–Kier alpha value is -2.48. The molecule has 5 heteroatoms. The molecule has 0 spiro atoms. The van der Waals surface area contributed by atoms with E-state index < -0.39 is 11.7 Å². The molecule has 23 heavy (non-hydrogen) atoms. The first-order valence-electron chi connectivity index (χ1n) is 7.17. The van der Waals surface area contributed by atoms with Crippen LogP contribution in [0.1, 0.15) is 29.7 Å². The van der Waals surface area contributed by atoms with E-state index in [9.17, 15) is 13.2 Å². The van der Waals surface area contributed by atoms with Crippen molar-refractivity contribution in [3.05, 3.63) is 59.4 Å². The van der Waals surface area contributed by atoms with Gasteiger partial charge in [0.05, 0.1) is 12.2 Å². The van der Waals surface area contributed by atoms with Gasteiger partial charge in [-0.1, -0.05) is 18.1 Å². The Morgan fingerprint density at radius 2 is 2.00 bits per heavy atom. The lowest BCUT2D eigenvalue weighted by Crippen LogP contribution is -2.05. The molecule has 0 amide bonds. The molecule has 1 heterocycles. The lowest BCUT2D eigenvalue weighted by molar-refractivity contribution is -0.137. The van der Waals surface area contributed by atoms with Crippen LogP contribution in [0.4, 0.5) is 13.2 Å². The summed E-state index contributed by atoms with van der Waals surface area (Å²) in [6, 6.07) is 10.0. The molecule has 0 aliphatic heterocycles. The molecule has 0 N–H and O–H groups in total. The molecule has 1 aromatic heterocycles. The Labute approximate surface area is 133 Å². The largest absolute Gasteiger partial charge is 0.494 e. The molecule has 2 aromatic rings. The molecule has 2 rings (SSSR count). The number of hydrogen-bond acceptors (Lipinski definition) is 2. The maximum absolute atomic E-state index is 12.4. The van der Waals surface area contributed by atoms with E-state index in [-0.39, 0.29) is 0 Å². The third kappa shape index (κ3) is 5.67. The number of halogens is 3. The Kier molecular flexibility index (Phi) is 5.64. The lowest BCUT2D eigenvalue weighted by atomic mass is 10.2. The van der Waals surface area contributed by atoms with E-state index >= 15 is 0 Å². The molecule has 0 saturated heterocycles. The van der Waals surface area contributed by atoms with Gasteiger partial charge in [-0.25, -0.2) is 4.98 Å². The number of aromatic nitrogens is 1. The summed E-state index contributed by atoms with van der Waals surface area (Å²) in [6.07, 6.45) is -2.24. The van der Waals surface area contributed by atoms with Gasteiger partial charge in [-0.2, -0.15) is 13.2 Å². The number of benzene rings is 1. The summed E-state index contributed by atoms with van der Waals surface area (Å²) in [5, 5.41) is 0. The van der Waals surface area contributed by atoms with Gasteiger partial charge in [-0.3, -0.25) is 0 Å². The van der Waals surface area contributed by atoms with Crippen LogP contribution in [0.5, 0.6) is 5.75 Å². The van der Waals surface area contributed by atoms with Crippen molar-refractivity contribution in [3.63, 3.8) is 0 Å². The number of aryl methyl sites for hydroxylation is 1. The van der Waals surface area contributed by atoms with E-state index in [4.69, 9.17) is 4.74 Å². The molecule has 0 fully saturated rings. The van der Waals surface area contributed by atoms with Gasteiger partial charge in [0.2, 0.25) is 0 Å². The van der Waals surface area contributed by atoms with Crippen LogP contribution in [0, 0.1) is 18.8 Å². The van der Waals surface area contributed by atoms with Crippen molar-refractivity contribution in [2.45, 2.75) is 25.9 Å². The quantitative estimate of drug-likeness (QED) is 0.606. The summed E-state index contributed by atoms with van der Waals surface area (Å²) in [5.41, 5.74) is 0.697. The average molecular weight is 319 g/mol. The molecule has 0 atom stereocenters. The van der Waals surface area contributed by atoms with Crippen LogP contribution in [0.25, 0.3) is 0 Å². The number of nitrogens with zero attached hydrogens (tertiary/aromatic N) is 1. The van der Waals surface area contributed by atoms with Gasteiger partial charge in [0, 0.05) is 12.6 Å². The molecule has 0 aliphatic carbocycles. The van der Waals surface area contributed by atoms with Crippen LogP contribution in [0.3, 0.4) is 0 Å². The Morgan fingerprint density at radius 1 is 1.17 bits per heavy atom. The van der Waals surface area contributed by atoms with Gasteiger partial charge in [0.1, 0.15) is 11.4 Å². The monoisotopic (exact) mass is 319 g/mol. The summed E-state index contributed by atoms with van der Waals surface area (Å²) >= 11 is 0. The van der Waals surface area contributed by atoms with Crippen molar-refractivity contribution in [1.82, 2.24) is 4.98 Å². The number of rotatable bonds is 4. The summed E-state index contributed by atoms with van der Waals surface area (Å²) in [6.45, 7) is 2.54. The smallest absolute Gasteiger partial charge is 0.417 e. The van der Waals surface area contributed by atoms with E-state index in [0.29, 0.717) is 18.7 Å². The van der Waals surface area contributed by atoms with Crippen LogP contribution in [-0.2, 0) is 6.18 Å². The van der Waals surface area contributed by atoms with Gasteiger partial charge in [0.25, 0.3) is 0 Å². The number of pyridine rings is 1. The zero-order valence-electron chi connectivity index (χ0n) is 12.7. The average Bonchev–Trinajstić information content (AvgIpc) is 2.50. The van der Waals surface area contributed by atoms with Crippen LogP contribution in [0.15, 0.2) is 42.6 Å². The zero-order valence-corrected chi connectivity index (χ0v) is 12.7. The van der Waals surface area contributed by atoms with E-state index in [0.717, 1.165) is 30.0 Å². The Balaban J connectivity index is 1.75. The Morgan fingerprint density at radius 3 is 2.65 bits per heavy atom. The molecule has 0 radical (unpaired) electrons. The first-order valence-corrected chi connectivity index (χ1v) is 7.17. The van der Waals surface area contributed by atoms with Gasteiger partial charge in [0.15, 0.2) is 0 Å². The van der Waals surface area contributed by atoms with Crippen LogP contribution in [-0.4, -0.2) is 11.6 Å². The predicted molar refractivity (Wildman–Crippen MR) is 82.0 cm³/mol. The summed E-state index contributed by atoms with van der Waals surface area (Å²) < 4.78 is 42.7. The van der Waals surface area contributed by atoms with Crippen LogP contribution >= 0.6 is 0 Å². The molecule has 2 nitrogen and oxygen atoms in total. The molecule has 0 unspecified atom stereocenters. The van der Waals surface area contributed by atoms with E-state index in [2.05, 4.69) is 16.8 Å². The zero-order chi connectivity index (χ0) is 16.7. The summed E-state index contributed by atoms with van der Waals surface area (Å²) in [4.78, 5) is 3.70. The molecular formula is C18H16F3NO. The van der Waals surface area contributed by atoms with Gasteiger partial charge in [-0.05, 0) is 49.1 Å². The molecule has 0 aliphatic rings. The summed E-state index contributed by atoms with van der Waals surface area (Å²) in [7, 11) is 0. The standard InChI is InChI=1S/C18H16F3NO/c1-14-6-5-8-17(12-14)23-11-4-2-3-7-16-10-9-15(13-22-16)18(19,20)21/h5-6,8-10,12-13H,2,4,11H2,1H3. The second-order valence-corrected chi connectivity index (χ2v) is 5.00. The third-order valence-corrected chi connectivity index (χ3v) is 3.01. The first kappa shape index (κ1) is 16.9. The molecule has 120 valence electrons. The second-order valence-electron chi connectivity index (χ2n) is 5.00. The van der Waals surface area contributed by atoms with Crippen molar-refractivity contribution < 1.29 is 17.9 Å². The van der Waals surface area contributed by atoms with Crippen LogP contribution < -0.4 is 4.74 Å². The maximum Gasteiger partial charge on any atom is 0.417 e. The predicted octanol–water partition coefficient (Wildman–Crippen LogP) is 4.62. The van der Waals surface area contributed by atoms with Crippen molar-refractivity contribution >= 4 is 0 Å². The molecule has 0 bridgehead atoms. The maximum atomic E-state index is 12.4. The molecule has 0 saturated carbocycles. The normalized spacial score (nSPS) is 10.8. The number of hydrogen-bond donors (Lipinski definition) is 0. The minimum absolute atomic E-state index is 0.331. The van der Waals surface area contributed by atoms with Crippen molar-refractivity contribution in [2.24, 2.45) is 0 Å². The number of ether oxygens (including phenoxy) is 1. The fourth-order valence-corrected chi connectivity index (χ4v) is 1.84. The molecular weight excluding hydrogens is 303 g/mol. The topological polar surface area (TPSA) is 22.1 Å². The van der Waals surface area contributed by atoms with Gasteiger partial charge in [-0.15, -0.1) is 0 Å². The first-order chi connectivity index (χ1) is 10.9. The van der Waals surface area contributed by atoms with Crippen LogP contribution in [0.2, 0.25) is 0 Å². The summed E-state index contributed by atoms with van der Waals surface area (Å²) in [5.74, 6) is 6.45. The third-order valence-electron chi connectivity index (χ3n) is 3.01. The Bertz CT molecular complexity index is 697. The highest BCUT2D eigenvalue weighted by molar-refractivity contribution is 5.30. The SMILES string of the molecule is Cc1cccc(OCCCC#Cc2ccc(C(F)(F)F)cn2)c1. The molecule has 1 aromatic carbocycles. The van der Waals surface area contributed by atoms with Crippen molar-refractivity contribution in [2.75, 3.05) is 6.61 Å². The van der Waals surface area contributed by atoms with Crippen molar-refractivity contribution in [1.29, 1.82) is 0 Å². The van der Waals surface area contributed by atoms with Gasteiger partial charge < -0.3 is 4.74 Å². The fourth-order valence-electron chi connectivity index (χ4n) is 1.84. The van der Waals surface area contributed by atoms with E-state index in [1.807, 2.05) is 31.2 Å². The number of alkyl halides is 3. The fraction of sp³-hybridized carbons (Fsp3) is 0.278.